The van der Waals surface area contributed by atoms with E-state index in [1.54, 1.807) is 0 Å². The average Bonchev–Trinajstić information content (AvgIpc) is 3.16. The van der Waals surface area contributed by atoms with Crippen LogP contribution in [0.25, 0.3) is 5.69 Å². The minimum absolute atomic E-state index is 0.0376. The Morgan fingerprint density at radius 3 is 2.79 bits per heavy atom. The lowest BCUT2D eigenvalue weighted by Gasteiger charge is -2.08. The third-order valence-electron chi connectivity index (χ3n) is 2.73. The first-order chi connectivity index (χ1) is 11.3. The van der Waals surface area contributed by atoms with Crippen LogP contribution >= 0.6 is 23.1 Å². The van der Waals surface area contributed by atoms with E-state index in [2.05, 4.69) is 20.5 Å². The molecule has 0 atom stereocenters. The number of carbonyl (C=O) groups is 1. The molecule has 0 saturated carbocycles. The number of hydrogen-bond donors (Lipinski definition) is 1. The molecule has 0 unspecified atom stereocenters. The lowest BCUT2D eigenvalue weighted by atomic mass is 10.2. The Bertz CT molecular complexity index is 893. The van der Waals surface area contributed by atoms with Gasteiger partial charge < -0.3 is 5.11 Å². The summed E-state index contributed by atoms with van der Waals surface area (Å²) >= 11 is 1.87. The molecule has 124 valence electrons. The van der Waals surface area contributed by atoms with Crippen molar-refractivity contribution >= 4 is 29.1 Å². The fourth-order valence-electron chi connectivity index (χ4n) is 1.70. The predicted molar refractivity (Wildman–Crippen MR) is 77.4 cm³/mol. The predicted octanol–water partition coefficient (Wildman–Crippen LogP) is 2.99. The zero-order valence-corrected chi connectivity index (χ0v) is 13.1. The SMILES string of the molecule is O=C(O)c1cnc(Sc2nnnn2-c2cccc(C(F)(F)F)c2)s1. The summed E-state index contributed by atoms with van der Waals surface area (Å²) in [5.41, 5.74) is -0.693. The zero-order valence-electron chi connectivity index (χ0n) is 11.4. The van der Waals surface area contributed by atoms with E-state index in [9.17, 15) is 18.0 Å². The van der Waals surface area contributed by atoms with Crippen LogP contribution in [0.1, 0.15) is 15.2 Å². The highest BCUT2D eigenvalue weighted by Gasteiger charge is 2.30. The maximum absolute atomic E-state index is 12.8. The highest BCUT2D eigenvalue weighted by molar-refractivity contribution is 8.00. The van der Waals surface area contributed by atoms with Gasteiger partial charge in [0.05, 0.1) is 17.4 Å². The van der Waals surface area contributed by atoms with Crippen LogP contribution in [0.5, 0.6) is 0 Å². The van der Waals surface area contributed by atoms with Gasteiger partial charge in [0.15, 0.2) is 4.34 Å². The Kier molecular flexibility index (Phi) is 4.24. The summed E-state index contributed by atoms with van der Waals surface area (Å²) in [6.45, 7) is 0. The summed E-state index contributed by atoms with van der Waals surface area (Å²) in [6, 6.07) is 4.55. The fourth-order valence-corrected chi connectivity index (χ4v) is 3.41. The molecule has 0 radical (unpaired) electrons. The average molecular weight is 373 g/mol. The molecule has 24 heavy (non-hydrogen) atoms. The highest BCUT2D eigenvalue weighted by Crippen LogP contribution is 2.33. The maximum Gasteiger partial charge on any atom is 0.416 e. The zero-order chi connectivity index (χ0) is 17.3. The van der Waals surface area contributed by atoms with Crippen molar-refractivity contribution in [1.29, 1.82) is 0 Å². The van der Waals surface area contributed by atoms with Crippen molar-refractivity contribution < 1.29 is 23.1 Å². The molecule has 12 heteroatoms. The Labute approximate surface area is 140 Å². The molecular formula is C12H6F3N5O2S2. The Morgan fingerprint density at radius 1 is 1.33 bits per heavy atom. The van der Waals surface area contributed by atoms with Crippen LogP contribution in [-0.4, -0.2) is 36.3 Å². The molecule has 2 heterocycles. The van der Waals surface area contributed by atoms with Gasteiger partial charge in [-0.25, -0.2) is 9.78 Å². The summed E-state index contributed by atoms with van der Waals surface area (Å²) < 4.78 is 39.9. The summed E-state index contributed by atoms with van der Waals surface area (Å²) in [5, 5.41) is 19.9. The molecule has 0 aliphatic heterocycles. The van der Waals surface area contributed by atoms with Gasteiger partial charge in [-0.2, -0.15) is 17.9 Å². The van der Waals surface area contributed by atoms with E-state index < -0.39 is 17.7 Å². The Balaban J connectivity index is 1.91. The molecule has 0 spiro atoms. The van der Waals surface area contributed by atoms with Gasteiger partial charge in [-0.3, -0.25) is 0 Å². The topological polar surface area (TPSA) is 93.8 Å². The van der Waals surface area contributed by atoms with E-state index in [0.29, 0.717) is 4.34 Å². The number of thiazole rings is 1. The summed E-state index contributed by atoms with van der Waals surface area (Å²) in [4.78, 5) is 14.8. The molecule has 2 aromatic heterocycles. The summed E-state index contributed by atoms with van der Waals surface area (Å²) in [5.74, 6) is -1.11. The normalized spacial score (nSPS) is 11.6. The monoisotopic (exact) mass is 373 g/mol. The van der Waals surface area contributed by atoms with Crippen LogP contribution in [0.2, 0.25) is 0 Å². The molecule has 7 nitrogen and oxygen atoms in total. The molecular weight excluding hydrogens is 367 g/mol. The number of aromatic carboxylic acids is 1. The smallest absolute Gasteiger partial charge is 0.416 e. The van der Waals surface area contributed by atoms with Crippen LogP contribution in [0.15, 0.2) is 40.0 Å². The van der Waals surface area contributed by atoms with Crippen molar-refractivity contribution in [2.75, 3.05) is 0 Å². The quantitative estimate of drug-likeness (QED) is 0.751. The molecule has 0 amide bonds. The van der Waals surface area contributed by atoms with E-state index in [4.69, 9.17) is 5.11 Å². The first kappa shape index (κ1) is 16.4. The van der Waals surface area contributed by atoms with Gasteiger partial charge in [0.25, 0.3) is 0 Å². The molecule has 3 aromatic rings. The lowest BCUT2D eigenvalue weighted by Crippen LogP contribution is -2.07. The molecule has 3 rings (SSSR count). The van der Waals surface area contributed by atoms with Gasteiger partial charge in [0, 0.05) is 0 Å². The number of nitrogens with zero attached hydrogens (tertiary/aromatic N) is 5. The van der Waals surface area contributed by atoms with Crippen LogP contribution in [0, 0.1) is 0 Å². The molecule has 0 bridgehead atoms. The molecule has 0 saturated heterocycles. The van der Waals surface area contributed by atoms with E-state index in [-0.39, 0.29) is 15.7 Å². The largest absolute Gasteiger partial charge is 0.477 e. The molecule has 0 aliphatic carbocycles. The maximum atomic E-state index is 12.8. The third kappa shape index (κ3) is 3.38. The second-order valence-electron chi connectivity index (χ2n) is 4.32. The first-order valence-corrected chi connectivity index (χ1v) is 7.81. The van der Waals surface area contributed by atoms with Crippen molar-refractivity contribution in [1.82, 2.24) is 25.2 Å². The minimum atomic E-state index is -4.48. The van der Waals surface area contributed by atoms with Gasteiger partial charge in [-0.05, 0) is 40.4 Å². The third-order valence-corrected chi connectivity index (χ3v) is 4.73. The van der Waals surface area contributed by atoms with Crippen molar-refractivity contribution in [2.45, 2.75) is 15.7 Å². The van der Waals surface area contributed by atoms with Gasteiger partial charge in [0.1, 0.15) is 4.88 Å². The van der Waals surface area contributed by atoms with Gasteiger partial charge in [-0.15, -0.1) is 16.4 Å². The second kappa shape index (κ2) is 6.20. The van der Waals surface area contributed by atoms with Gasteiger partial charge >= 0.3 is 12.1 Å². The standard InChI is InChI=1S/C12H6F3N5O2S2/c13-12(14,15)6-2-1-3-7(4-6)20-10(17-18-19-20)24-11-16-5-8(23-11)9(21)22/h1-5H,(H,21,22). The van der Waals surface area contributed by atoms with E-state index >= 15 is 0 Å². The number of aromatic nitrogens is 5. The van der Waals surface area contributed by atoms with E-state index in [1.165, 1.54) is 18.3 Å². The first-order valence-electron chi connectivity index (χ1n) is 6.17. The summed E-state index contributed by atoms with van der Waals surface area (Å²) in [7, 11) is 0. The molecule has 0 fully saturated rings. The minimum Gasteiger partial charge on any atom is -0.477 e. The van der Waals surface area contributed by atoms with Crippen molar-refractivity contribution in [3.63, 3.8) is 0 Å². The number of carboxylic acid groups (broad SMARTS) is 1. The molecule has 1 N–H and O–H groups in total. The highest BCUT2D eigenvalue weighted by atomic mass is 32.2. The Hall–Kier alpha value is -2.47. The van der Waals surface area contributed by atoms with Gasteiger partial charge in [-0.1, -0.05) is 6.07 Å². The van der Waals surface area contributed by atoms with Crippen LogP contribution in [0.3, 0.4) is 0 Å². The van der Waals surface area contributed by atoms with Crippen molar-refractivity contribution in [2.24, 2.45) is 0 Å². The van der Waals surface area contributed by atoms with Crippen LogP contribution in [-0.2, 0) is 6.18 Å². The van der Waals surface area contributed by atoms with Gasteiger partial charge in [0.2, 0.25) is 5.16 Å². The molecule has 0 aliphatic rings. The number of tetrazole rings is 1. The number of benzene rings is 1. The number of rotatable bonds is 4. The second-order valence-corrected chi connectivity index (χ2v) is 6.56. The lowest BCUT2D eigenvalue weighted by molar-refractivity contribution is -0.137. The number of alkyl halides is 3. The molecule has 1 aromatic carbocycles. The summed E-state index contributed by atoms with van der Waals surface area (Å²) in [6.07, 6.45) is -3.29. The van der Waals surface area contributed by atoms with Crippen LogP contribution in [0.4, 0.5) is 13.2 Å². The van der Waals surface area contributed by atoms with E-state index in [1.807, 2.05) is 0 Å². The van der Waals surface area contributed by atoms with Crippen molar-refractivity contribution in [3.05, 3.63) is 40.9 Å². The number of halogens is 3. The van der Waals surface area contributed by atoms with E-state index in [0.717, 1.165) is 39.9 Å². The van der Waals surface area contributed by atoms with Crippen LogP contribution < -0.4 is 0 Å². The Morgan fingerprint density at radius 2 is 2.12 bits per heavy atom. The number of carboxylic acids is 1. The van der Waals surface area contributed by atoms with Crippen molar-refractivity contribution in [3.8, 4) is 5.69 Å². The number of hydrogen-bond acceptors (Lipinski definition) is 7. The fraction of sp³-hybridized carbons (Fsp3) is 0.0833.